The highest BCUT2D eigenvalue weighted by Crippen LogP contribution is 2.44. The molecule has 0 amide bonds. The molecule has 1 aliphatic rings. The van der Waals surface area contributed by atoms with Gasteiger partial charge in [0.05, 0.1) is 11.2 Å². The number of benzene rings is 4. The molecule has 1 aliphatic carbocycles. The minimum Gasteiger partial charge on any atom is -0.372 e. The molecule has 5 aromatic rings. The van der Waals surface area contributed by atoms with Gasteiger partial charge in [0.1, 0.15) is 13.1 Å². The van der Waals surface area contributed by atoms with E-state index in [1.54, 1.807) is 0 Å². The summed E-state index contributed by atoms with van der Waals surface area (Å²) in [5.41, 5.74) is 13.5. The summed E-state index contributed by atoms with van der Waals surface area (Å²) >= 11 is 0. The van der Waals surface area contributed by atoms with Crippen LogP contribution < -0.4 is 4.90 Å². The predicted octanol–water partition coefficient (Wildman–Crippen LogP) is 9.87. The Morgan fingerprint density at radius 2 is 1.29 bits per heavy atom. The van der Waals surface area contributed by atoms with Crippen LogP contribution in [0.3, 0.4) is 0 Å². The monoisotopic (exact) mass is 590 g/mol. The summed E-state index contributed by atoms with van der Waals surface area (Å²) in [6, 6.07) is 37.9. The molecule has 45 heavy (non-hydrogen) atoms. The van der Waals surface area contributed by atoms with Crippen LogP contribution in [0, 0.1) is 6.92 Å². The van der Waals surface area contributed by atoms with E-state index in [0.29, 0.717) is 0 Å². The number of hydrogen-bond acceptors (Lipinski definition) is 1. The zero-order valence-corrected chi connectivity index (χ0v) is 27.3. The number of allylic oxidation sites excluding steroid dienone is 5. The van der Waals surface area contributed by atoms with Crippen LogP contribution in [0.2, 0.25) is 0 Å². The number of anilines is 1. The van der Waals surface area contributed by atoms with Gasteiger partial charge in [0.15, 0.2) is 5.71 Å². The molecule has 4 aromatic carbocycles. The van der Waals surface area contributed by atoms with Gasteiger partial charge in [-0.25, -0.2) is 4.58 Å². The molecule has 0 N–H and O–H groups in total. The highest BCUT2D eigenvalue weighted by molar-refractivity contribution is 6.09. The molecule has 0 aliphatic heterocycles. The molecular formula is C42H44N3+. The minimum atomic E-state index is 0.988. The molecule has 6 rings (SSSR count). The molecule has 0 atom stereocenters. The van der Waals surface area contributed by atoms with Crippen molar-refractivity contribution in [3.63, 3.8) is 0 Å². The molecule has 0 bridgehead atoms. The van der Waals surface area contributed by atoms with E-state index in [1.807, 2.05) is 0 Å². The van der Waals surface area contributed by atoms with Crippen LogP contribution in [0.4, 0.5) is 5.69 Å². The quantitative estimate of drug-likeness (QED) is 0.156. The fraction of sp³-hybridized carbons (Fsp3) is 0.214. The second-order valence-corrected chi connectivity index (χ2v) is 11.6. The van der Waals surface area contributed by atoms with Crippen molar-refractivity contribution in [2.75, 3.05) is 31.1 Å². The van der Waals surface area contributed by atoms with E-state index in [4.69, 9.17) is 0 Å². The van der Waals surface area contributed by atoms with Gasteiger partial charge >= 0.3 is 0 Å². The van der Waals surface area contributed by atoms with Crippen molar-refractivity contribution in [2.45, 2.75) is 34.6 Å². The summed E-state index contributed by atoms with van der Waals surface area (Å²) in [4.78, 5) is 2.40. The van der Waals surface area contributed by atoms with E-state index >= 15 is 0 Å². The van der Waals surface area contributed by atoms with Crippen LogP contribution in [-0.2, 0) is 0 Å². The summed E-state index contributed by atoms with van der Waals surface area (Å²) in [6.45, 7) is 15.0. The topological polar surface area (TPSA) is 11.2 Å². The van der Waals surface area contributed by atoms with Crippen molar-refractivity contribution in [3.8, 4) is 16.9 Å². The molecule has 1 heterocycles. The van der Waals surface area contributed by atoms with Crippen molar-refractivity contribution in [1.82, 2.24) is 4.57 Å². The van der Waals surface area contributed by atoms with Crippen molar-refractivity contribution >= 4 is 27.9 Å². The zero-order valence-electron chi connectivity index (χ0n) is 27.3. The molecule has 0 radical (unpaired) electrons. The summed E-state index contributed by atoms with van der Waals surface area (Å²) in [5, 5.41) is 1.24. The van der Waals surface area contributed by atoms with Gasteiger partial charge in [-0.3, -0.25) is 0 Å². The average molecular weight is 591 g/mol. The van der Waals surface area contributed by atoms with E-state index in [2.05, 4.69) is 176 Å². The first-order valence-corrected chi connectivity index (χ1v) is 16.4. The minimum absolute atomic E-state index is 0.988. The highest BCUT2D eigenvalue weighted by atomic mass is 15.1. The lowest BCUT2D eigenvalue weighted by atomic mass is 9.87. The number of hydrogen-bond donors (Lipinski definition) is 0. The van der Waals surface area contributed by atoms with E-state index in [0.717, 1.165) is 31.9 Å². The fourth-order valence-electron chi connectivity index (χ4n) is 6.64. The standard InChI is InChI=1S/C42H44N3/c1-6-43(7-2)35-27-21-32(22-28-35)40(33-23-29-36(30-24-33)44(8-3)9-4)41-38-17-13-14-18-39(38)45(37-25-19-31(5)20-26-37)42(41)34-15-11-10-12-16-34/h10-30H,6-9H2,1-5H3/q+1. The van der Waals surface area contributed by atoms with Crippen LogP contribution >= 0.6 is 0 Å². The molecule has 3 nitrogen and oxygen atoms in total. The van der Waals surface area contributed by atoms with Crippen LogP contribution in [0.1, 0.15) is 44.4 Å². The Labute approximate surface area is 268 Å². The van der Waals surface area contributed by atoms with Gasteiger partial charge in [0.2, 0.25) is 0 Å². The lowest BCUT2D eigenvalue weighted by Gasteiger charge is -2.22. The first kappa shape index (κ1) is 30.1. The second kappa shape index (κ2) is 13.4. The Hall–Kier alpha value is -4.89. The zero-order chi connectivity index (χ0) is 31.3. The third kappa shape index (κ3) is 5.83. The third-order valence-electron chi connectivity index (χ3n) is 9.03. The molecule has 0 saturated carbocycles. The van der Waals surface area contributed by atoms with Crippen molar-refractivity contribution in [3.05, 3.63) is 150 Å². The second-order valence-electron chi connectivity index (χ2n) is 11.6. The summed E-state index contributed by atoms with van der Waals surface area (Å²) in [5.74, 6) is 0. The Kier molecular flexibility index (Phi) is 8.98. The molecule has 0 fully saturated rings. The molecule has 3 heteroatoms. The maximum Gasteiger partial charge on any atom is 0.199 e. The van der Waals surface area contributed by atoms with Gasteiger partial charge in [0.25, 0.3) is 0 Å². The molecule has 1 aromatic heterocycles. The Balaban J connectivity index is 1.71. The van der Waals surface area contributed by atoms with E-state index in [-0.39, 0.29) is 0 Å². The number of fused-ring (bicyclic) bond motifs is 1. The van der Waals surface area contributed by atoms with Crippen LogP contribution in [0.5, 0.6) is 0 Å². The average Bonchev–Trinajstić information content (AvgIpc) is 3.43. The fourth-order valence-corrected chi connectivity index (χ4v) is 6.64. The lowest BCUT2D eigenvalue weighted by molar-refractivity contribution is -0.519. The van der Waals surface area contributed by atoms with Gasteiger partial charge < -0.3 is 9.47 Å². The van der Waals surface area contributed by atoms with Crippen LogP contribution in [-0.4, -0.2) is 41.0 Å². The van der Waals surface area contributed by atoms with Crippen molar-refractivity contribution in [2.24, 2.45) is 0 Å². The Morgan fingerprint density at radius 1 is 0.667 bits per heavy atom. The Bertz CT molecular complexity index is 1890. The number of aromatic nitrogens is 1. The number of nitrogens with zero attached hydrogens (tertiary/aromatic N) is 3. The third-order valence-corrected chi connectivity index (χ3v) is 9.03. The normalized spacial score (nSPS) is 12.6. The van der Waals surface area contributed by atoms with Crippen LogP contribution in [0.25, 0.3) is 33.4 Å². The highest BCUT2D eigenvalue weighted by Gasteiger charge is 2.25. The number of aryl methyl sites for hydroxylation is 1. The van der Waals surface area contributed by atoms with E-state index in [9.17, 15) is 0 Å². The molecule has 0 unspecified atom stereocenters. The summed E-state index contributed by atoms with van der Waals surface area (Å²) in [7, 11) is 0. The first-order valence-electron chi connectivity index (χ1n) is 16.4. The number of para-hydroxylation sites is 1. The molecule has 226 valence electrons. The van der Waals surface area contributed by atoms with Crippen molar-refractivity contribution < 1.29 is 4.58 Å². The lowest BCUT2D eigenvalue weighted by Crippen LogP contribution is -2.21. The van der Waals surface area contributed by atoms with Gasteiger partial charge in [-0.05, 0) is 99.4 Å². The largest absolute Gasteiger partial charge is 0.372 e. The maximum atomic E-state index is 2.45. The molecule has 0 spiro atoms. The number of rotatable bonds is 9. The summed E-state index contributed by atoms with van der Waals surface area (Å²) in [6.07, 6.45) is 9.20. The van der Waals surface area contributed by atoms with Gasteiger partial charge in [-0.1, -0.05) is 78.4 Å². The van der Waals surface area contributed by atoms with E-state index < -0.39 is 0 Å². The molecule has 0 saturated heterocycles. The molecular weight excluding hydrogens is 546 g/mol. The van der Waals surface area contributed by atoms with E-state index in [1.165, 1.54) is 61.4 Å². The summed E-state index contributed by atoms with van der Waals surface area (Å²) < 4.78 is 4.86. The first-order chi connectivity index (χ1) is 22.1. The maximum absolute atomic E-state index is 2.45. The predicted molar refractivity (Wildman–Crippen MR) is 194 cm³/mol. The SMILES string of the molecule is CCN(CC)c1ccc(C(=C2C=CC(=[N+](CC)CC)C=C2)c2c(-c3ccccc3)n(-c3ccc(C)cc3)c3ccccc23)cc1. The van der Waals surface area contributed by atoms with Crippen molar-refractivity contribution in [1.29, 1.82) is 0 Å². The van der Waals surface area contributed by atoms with Gasteiger partial charge in [-0.15, -0.1) is 0 Å². The Morgan fingerprint density at radius 3 is 1.91 bits per heavy atom. The van der Waals surface area contributed by atoms with Gasteiger partial charge in [0, 0.05) is 47.6 Å². The smallest absolute Gasteiger partial charge is 0.199 e. The van der Waals surface area contributed by atoms with Crippen LogP contribution in [0.15, 0.2) is 133 Å². The van der Waals surface area contributed by atoms with Gasteiger partial charge in [-0.2, -0.15) is 0 Å².